The minimum absolute atomic E-state index is 0.0556. The maximum Gasteiger partial charge on any atom is 0.331 e. The fourth-order valence-corrected chi connectivity index (χ4v) is 4.91. The quantitative estimate of drug-likeness (QED) is 0.529. The van der Waals surface area contributed by atoms with E-state index in [1.807, 2.05) is 0 Å². The molecule has 1 aromatic rings. The van der Waals surface area contributed by atoms with E-state index in [1.54, 1.807) is 24.3 Å². The number of esters is 1. The van der Waals surface area contributed by atoms with E-state index in [0.717, 1.165) is 5.56 Å². The van der Waals surface area contributed by atoms with Crippen LogP contribution in [0.1, 0.15) is 18.9 Å². The van der Waals surface area contributed by atoms with Crippen molar-refractivity contribution in [3.63, 3.8) is 0 Å². The lowest BCUT2D eigenvalue weighted by atomic mass is 10.2. The number of benzene rings is 1. The first-order valence-electron chi connectivity index (χ1n) is 9.00. The first-order chi connectivity index (χ1) is 13.2. The van der Waals surface area contributed by atoms with E-state index in [9.17, 15) is 18.0 Å². The summed E-state index contributed by atoms with van der Waals surface area (Å²) in [5, 5.41) is 0. The highest BCUT2D eigenvalue weighted by Crippen LogP contribution is 2.31. The summed E-state index contributed by atoms with van der Waals surface area (Å²) in [7, 11) is -1.57. The Morgan fingerprint density at radius 2 is 1.96 bits per heavy atom. The summed E-state index contributed by atoms with van der Waals surface area (Å²) in [6, 6.07) is 4.91. The van der Waals surface area contributed by atoms with E-state index in [4.69, 9.17) is 14.2 Å². The van der Waals surface area contributed by atoms with E-state index in [1.165, 1.54) is 24.9 Å². The topological polar surface area (TPSA) is 99.2 Å². The molecule has 0 bridgehead atoms. The van der Waals surface area contributed by atoms with Crippen LogP contribution in [0.3, 0.4) is 0 Å². The van der Waals surface area contributed by atoms with Crippen molar-refractivity contribution in [1.29, 1.82) is 0 Å². The van der Waals surface area contributed by atoms with Gasteiger partial charge in [0.25, 0.3) is 5.91 Å². The van der Waals surface area contributed by atoms with Gasteiger partial charge >= 0.3 is 5.97 Å². The van der Waals surface area contributed by atoms with Crippen LogP contribution >= 0.6 is 0 Å². The van der Waals surface area contributed by atoms with Crippen molar-refractivity contribution in [2.24, 2.45) is 0 Å². The van der Waals surface area contributed by atoms with Crippen molar-refractivity contribution in [2.75, 3.05) is 31.8 Å². The van der Waals surface area contributed by atoms with Crippen LogP contribution in [0.4, 0.5) is 0 Å². The molecule has 0 aromatic heterocycles. The van der Waals surface area contributed by atoms with E-state index in [-0.39, 0.29) is 17.5 Å². The number of carbonyl (C=O) groups excluding carboxylic acids is 2. The standard InChI is InChI=1S/C19H23NO7S/c1-13(19(22)20(2)15-7-10-28(23,24)12-15)27-18(21)6-4-14-3-5-16-17(11-14)26-9-8-25-16/h3-6,11,13,15H,7-10,12H2,1-2H3/b6-4+/t13-,15+/m0/s1. The predicted octanol–water partition coefficient (Wildman–Crippen LogP) is 1.05. The van der Waals surface area contributed by atoms with Crippen LogP contribution in [-0.4, -0.2) is 69.1 Å². The molecule has 2 aliphatic rings. The summed E-state index contributed by atoms with van der Waals surface area (Å²) in [6.07, 6.45) is 2.18. The van der Waals surface area contributed by atoms with Crippen molar-refractivity contribution >= 4 is 27.8 Å². The molecule has 0 saturated carbocycles. The predicted molar refractivity (Wildman–Crippen MR) is 102 cm³/mol. The Bertz CT molecular complexity index is 894. The summed E-state index contributed by atoms with van der Waals surface area (Å²) in [4.78, 5) is 25.8. The van der Waals surface area contributed by atoms with Crippen LogP contribution in [0.5, 0.6) is 11.5 Å². The number of likely N-dealkylation sites (N-methyl/N-ethyl adjacent to an activating group) is 1. The third-order valence-electron chi connectivity index (χ3n) is 4.72. The number of nitrogens with zero attached hydrogens (tertiary/aromatic N) is 1. The first-order valence-corrected chi connectivity index (χ1v) is 10.8. The third-order valence-corrected chi connectivity index (χ3v) is 6.47. The second-order valence-electron chi connectivity index (χ2n) is 6.82. The van der Waals surface area contributed by atoms with Crippen LogP contribution in [0.25, 0.3) is 6.08 Å². The van der Waals surface area contributed by atoms with Gasteiger partial charge in [-0.1, -0.05) is 6.07 Å². The lowest BCUT2D eigenvalue weighted by Crippen LogP contribution is -2.44. The van der Waals surface area contributed by atoms with Gasteiger partial charge in [-0.15, -0.1) is 0 Å². The molecule has 28 heavy (non-hydrogen) atoms. The number of hydrogen-bond donors (Lipinski definition) is 0. The van der Waals surface area contributed by atoms with Crippen LogP contribution in [0.15, 0.2) is 24.3 Å². The molecule has 0 spiro atoms. The van der Waals surface area contributed by atoms with Crippen molar-refractivity contribution in [3.8, 4) is 11.5 Å². The number of carbonyl (C=O) groups is 2. The average Bonchev–Trinajstić information content (AvgIpc) is 3.04. The Morgan fingerprint density at radius 3 is 2.64 bits per heavy atom. The lowest BCUT2D eigenvalue weighted by molar-refractivity contribution is -0.155. The molecule has 3 rings (SSSR count). The maximum atomic E-state index is 12.4. The van der Waals surface area contributed by atoms with Crippen LogP contribution in [0.2, 0.25) is 0 Å². The summed E-state index contributed by atoms with van der Waals surface area (Å²) < 4.78 is 39.2. The minimum Gasteiger partial charge on any atom is -0.486 e. The molecule has 2 aliphatic heterocycles. The molecule has 1 fully saturated rings. The molecule has 0 aliphatic carbocycles. The van der Waals surface area contributed by atoms with Gasteiger partial charge in [0.2, 0.25) is 0 Å². The Balaban J connectivity index is 1.55. The van der Waals surface area contributed by atoms with Gasteiger partial charge in [0, 0.05) is 19.2 Å². The Labute approximate surface area is 164 Å². The number of rotatable bonds is 5. The van der Waals surface area contributed by atoms with Gasteiger partial charge < -0.3 is 19.1 Å². The summed E-state index contributed by atoms with van der Waals surface area (Å²) >= 11 is 0. The van der Waals surface area contributed by atoms with E-state index < -0.39 is 27.8 Å². The summed E-state index contributed by atoms with van der Waals surface area (Å²) in [6.45, 7) is 2.44. The molecule has 2 heterocycles. The van der Waals surface area contributed by atoms with Gasteiger partial charge in [0.05, 0.1) is 11.5 Å². The number of amides is 1. The zero-order valence-electron chi connectivity index (χ0n) is 15.8. The SMILES string of the molecule is C[C@H](OC(=O)/C=C/c1ccc2c(c1)OCCO2)C(=O)N(C)[C@@H]1CCS(=O)(=O)C1. The van der Waals surface area contributed by atoms with Crippen LogP contribution in [-0.2, 0) is 24.2 Å². The molecule has 9 heteroatoms. The molecule has 152 valence electrons. The number of fused-ring (bicyclic) bond motifs is 1. The van der Waals surface area contributed by atoms with E-state index >= 15 is 0 Å². The molecule has 1 saturated heterocycles. The van der Waals surface area contributed by atoms with Crippen molar-refractivity contribution in [2.45, 2.75) is 25.5 Å². The molecule has 0 radical (unpaired) electrons. The number of hydrogen-bond acceptors (Lipinski definition) is 7. The molecule has 2 atom stereocenters. The largest absolute Gasteiger partial charge is 0.486 e. The maximum absolute atomic E-state index is 12.4. The molecule has 0 N–H and O–H groups in total. The monoisotopic (exact) mass is 409 g/mol. The van der Waals surface area contributed by atoms with Gasteiger partial charge in [-0.25, -0.2) is 13.2 Å². The Kier molecular flexibility index (Phi) is 5.93. The fourth-order valence-electron chi connectivity index (χ4n) is 3.14. The van der Waals surface area contributed by atoms with Crippen molar-refractivity contribution in [3.05, 3.63) is 29.8 Å². The van der Waals surface area contributed by atoms with E-state index in [0.29, 0.717) is 31.1 Å². The smallest absolute Gasteiger partial charge is 0.331 e. The first kappa shape index (κ1) is 20.2. The highest BCUT2D eigenvalue weighted by Gasteiger charge is 2.34. The minimum atomic E-state index is -3.10. The van der Waals surface area contributed by atoms with Gasteiger partial charge in [0.15, 0.2) is 27.4 Å². The van der Waals surface area contributed by atoms with Crippen molar-refractivity contribution < 1.29 is 32.2 Å². The number of sulfone groups is 1. The Hall–Kier alpha value is -2.55. The van der Waals surface area contributed by atoms with Gasteiger partial charge in [-0.2, -0.15) is 0 Å². The highest BCUT2D eigenvalue weighted by molar-refractivity contribution is 7.91. The van der Waals surface area contributed by atoms with Crippen LogP contribution in [0, 0.1) is 0 Å². The summed E-state index contributed by atoms with van der Waals surface area (Å²) in [5.41, 5.74) is 0.730. The molecule has 8 nitrogen and oxygen atoms in total. The second-order valence-corrected chi connectivity index (χ2v) is 9.05. The van der Waals surface area contributed by atoms with Gasteiger partial charge in [0.1, 0.15) is 13.2 Å². The molecule has 1 amide bonds. The second kappa shape index (κ2) is 8.22. The van der Waals surface area contributed by atoms with E-state index in [2.05, 4.69) is 0 Å². The zero-order valence-corrected chi connectivity index (χ0v) is 16.6. The lowest BCUT2D eigenvalue weighted by Gasteiger charge is -2.26. The summed E-state index contributed by atoms with van der Waals surface area (Å²) in [5.74, 6) is 0.189. The highest BCUT2D eigenvalue weighted by atomic mass is 32.2. The molecule has 0 unspecified atom stereocenters. The van der Waals surface area contributed by atoms with Crippen molar-refractivity contribution in [1.82, 2.24) is 4.90 Å². The fraction of sp³-hybridized carbons (Fsp3) is 0.474. The third kappa shape index (κ3) is 4.83. The molecular weight excluding hydrogens is 386 g/mol. The average molecular weight is 409 g/mol. The van der Waals surface area contributed by atoms with Gasteiger partial charge in [-0.05, 0) is 37.1 Å². The van der Waals surface area contributed by atoms with Crippen LogP contribution < -0.4 is 9.47 Å². The number of ether oxygens (including phenoxy) is 3. The Morgan fingerprint density at radius 1 is 1.25 bits per heavy atom. The normalized spacial score (nSPS) is 21.3. The molecule has 1 aromatic carbocycles. The molecular formula is C19H23NO7S. The van der Waals surface area contributed by atoms with Gasteiger partial charge in [-0.3, -0.25) is 4.79 Å². The zero-order chi connectivity index (χ0) is 20.3.